The molecule has 148 valence electrons. The molecule has 6 nitrogen and oxygen atoms in total. The van der Waals surface area contributed by atoms with Gasteiger partial charge in [-0.1, -0.05) is 0 Å². The number of piperidine rings is 1. The molecule has 0 radical (unpaired) electrons. The first-order chi connectivity index (χ1) is 11.7. The van der Waals surface area contributed by atoms with Gasteiger partial charge in [-0.15, -0.1) is 12.4 Å². The van der Waals surface area contributed by atoms with Gasteiger partial charge in [0.05, 0.1) is 11.8 Å². The maximum Gasteiger partial charge on any atom is 0.237 e. The number of nitrogens with two attached hydrogens (primary N) is 1. The lowest BCUT2D eigenvalue weighted by Crippen LogP contribution is -2.52. The fourth-order valence-electron chi connectivity index (χ4n) is 3.07. The van der Waals surface area contributed by atoms with E-state index in [1.54, 1.807) is 6.07 Å². The molecule has 2 atom stereocenters. The second kappa shape index (κ2) is 9.53. The molecule has 2 unspecified atom stereocenters. The number of anilines is 1. The summed E-state index contributed by atoms with van der Waals surface area (Å²) in [5, 5.41) is 2.91. The molecule has 1 aliphatic heterocycles. The van der Waals surface area contributed by atoms with Gasteiger partial charge in [-0.05, 0) is 49.9 Å². The van der Waals surface area contributed by atoms with Gasteiger partial charge in [-0.25, -0.2) is 12.8 Å². The first-order valence-corrected chi connectivity index (χ1v) is 10.5. The van der Waals surface area contributed by atoms with Crippen molar-refractivity contribution in [1.29, 1.82) is 0 Å². The Hall–Kier alpha value is -1.38. The Morgan fingerprint density at radius 2 is 2.15 bits per heavy atom. The van der Waals surface area contributed by atoms with Gasteiger partial charge in [0.25, 0.3) is 0 Å². The summed E-state index contributed by atoms with van der Waals surface area (Å²) in [6.45, 7) is 3.33. The number of aryl methyl sites for hydroxylation is 1. The van der Waals surface area contributed by atoms with Crippen molar-refractivity contribution >= 4 is 33.8 Å². The van der Waals surface area contributed by atoms with E-state index in [1.807, 2.05) is 6.92 Å². The van der Waals surface area contributed by atoms with Crippen LogP contribution in [-0.4, -0.2) is 51.5 Å². The minimum absolute atomic E-state index is 0. The van der Waals surface area contributed by atoms with E-state index < -0.39 is 15.9 Å². The van der Waals surface area contributed by atoms with Crippen molar-refractivity contribution in [2.24, 2.45) is 5.73 Å². The van der Waals surface area contributed by atoms with Gasteiger partial charge in [-0.3, -0.25) is 4.79 Å². The van der Waals surface area contributed by atoms with E-state index in [0.717, 1.165) is 36.9 Å². The smallest absolute Gasteiger partial charge is 0.237 e. The van der Waals surface area contributed by atoms with Crippen LogP contribution in [0.25, 0.3) is 0 Å². The molecule has 3 N–H and O–H groups in total. The Morgan fingerprint density at radius 1 is 1.46 bits per heavy atom. The van der Waals surface area contributed by atoms with Gasteiger partial charge < -0.3 is 16.0 Å². The number of nitrogens with zero attached hydrogens (tertiary/aromatic N) is 1. The van der Waals surface area contributed by atoms with Crippen molar-refractivity contribution in [3.63, 3.8) is 0 Å². The van der Waals surface area contributed by atoms with Gasteiger partial charge in [0.2, 0.25) is 5.91 Å². The van der Waals surface area contributed by atoms with E-state index in [-0.39, 0.29) is 42.3 Å². The summed E-state index contributed by atoms with van der Waals surface area (Å²) in [7, 11) is -3.14. The second-order valence-corrected chi connectivity index (χ2v) is 9.01. The zero-order valence-corrected chi connectivity index (χ0v) is 16.7. The third kappa shape index (κ3) is 6.74. The molecule has 0 spiro atoms. The van der Waals surface area contributed by atoms with Crippen LogP contribution in [0.4, 0.5) is 10.1 Å². The third-order valence-corrected chi connectivity index (χ3v) is 5.38. The zero-order valence-electron chi connectivity index (χ0n) is 15.1. The number of amides is 1. The summed E-state index contributed by atoms with van der Waals surface area (Å²) < 4.78 is 35.6. The highest BCUT2D eigenvalue weighted by molar-refractivity contribution is 7.90. The molecule has 9 heteroatoms. The molecule has 1 amide bonds. The van der Waals surface area contributed by atoms with Crippen molar-refractivity contribution in [3.8, 4) is 0 Å². The molecule has 0 saturated carbocycles. The van der Waals surface area contributed by atoms with E-state index in [9.17, 15) is 17.6 Å². The SMILES string of the molecule is Cc1cc(F)ccc1N1CCCC(NC(=O)C(N)CCS(C)(=O)=O)C1.Cl. The lowest BCUT2D eigenvalue weighted by Gasteiger charge is -2.36. The Balaban J connectivity index is 0.00000338. The Kier molecular flexibility index (Phi) is 8.30. The first-order valence-electron chi connectivity index (χ1n) is 8.40. The largest absolute Gasteiger partial charge is 0.369 e. The molecule has 1 aliphatic rings. The number of benzene rings is 1. The van der Waals surface area contributed by atoms with Gasteiger partial charge in [0.15, 0.2) is 0 Å². The molecule has 0 bridgehead atoms. The number of sulfone groups is 1. The average Bonchev–Trinajstić information content (AvgIpc) is 2.52. The van der Waals surface area contributed by atoms with Crippen LogP contribution in [0.5, 0.6) is 0 Å². The molecule has 1 aromatic rings. The van der Waals surface area contributed by atoms with Crippen LogP contribution in [0.3, 0.4) is 0 Å². The minimum atomic E-state index is -3.14. The zero-order chi connectivity index (χ0) is 18.6. The molecular weight excluding hydrogens is 381 g/mol. The Bertz CT molecular complexity index is 730. The predicted molar refractivity (Wildman–Crippen MR) is 104 cm³/mol. The molecule has 1 saturated heterocycles. The van der Waals surface area contributed by atoms with E-state index in [0.29, 0.717) is 6.54 Å². The Morgan fingerprint density at radius 3 is 2.77 bits per heavy atom. The van der Waals surface area contributed by atoms with Gasteiger partial charge >= 0.3 is 0 Å². The van der Waals surface area contributed by atoms with Crippen LogP contribution in [0.15, 0.2) is 18.2 Å². The lowest BCUT2D eigenvalue weighted by atomic mass is 10.0. The summed E-state index contributed by atoms with van der Waals surface area (Å²) in [5.41, 5.74) is 7.61. The fourth-order valence-corrected chi connectivity index (χ4v) is 3.75. The number of rotatable bonds is 6. The number of hydrogen-bond acceptors (Lipinski definition) is 5. The molecule has 1 heterocycles. The first kappa shape index (κ1) is 22.7. The summed E-state index contributed by atoms with van der Waals surface area (Å²) in [5.74, 6) is -0.695. The van der Waals surface area contributed by atoms with E-state index in [2.05, 4.69) is 10.2 Å². The topological polar surface area (TPSA) is 92.5 Å². The van der Waals surface area contributed by atoms with Crippen molar-refractivity contribution in [3.05, 3.63) is 29.6 Å². The number of halogens is 2. The summed E-state index contributed by atoms with van der Waals surface area (Å²) in [6.07, 6.45) is 2.97. The van der Waals surface area contributed by atoms with E-state index in [1.165, 1.54) is 12.1 Å². The number of carbonyl (C=O) groups is 1. The molecule has 1 aromatic carbocycles. The highest BCUT2D eigenvalue weighted by Crippen LogP contribution is 2.24. The predicted octanol–water partition coefficient (Wildman–Crippen LogP) is 1.40. The van der Waals surface area contributed by atoms with Crippen molar-refractivity contribution < 1.29 is 17.6 Å². The summed E-state index contributed by atoms with van der Waals surface area (Å²) >= 11 is 0. The highest BCUT2D eigenvalue weighted by Gasteiger charge is 2.25. The van der Waals surface area contributed by atoms with Crippen molar-refractivity contribution in [1.82, 2.24) is 5.32 Å². The number of carbonyl (C=O) groups excluding carboxylic acids is 1. The van der Waals surface area contributed by atoms with Crippen LogP contribution in [0, 0.1) is 12.7 Å². The van der Waals surface area contributed by atoms with Gasteiger partial charge in [0, 0.05) is 31.1 Å². The van der Waals surface area contributed by atoms with Crippen LogP contribution >= 0.6 is 12.4 Å². The standard InChI is InChI=1S/C17H26FN3O3S.ClH/c1-12-10-13(18)5-6-16(12)21-8-3-4-14(11-21)20-17(22)15(19)7-9-25(2,23)24;/h5-6,10,14-15H,3-4,7-9,11,19H2,1-2H3,(H,20,22);1H. The third-order valence-electron chi connectivity index (χ3n) is 4.40. The number of hydrogen-bond donors (Lipinski definition) is 2. The molecule has 26 heavy (non-hydrogen) atoms. The van der Waals surface area contributed by atoms with Crippen LogP contribution in [0.1, 0.15) is 24.8 Å². The monoisotopic (exact) mass is 407 g/mol. The molecular formula is C17H27ClFN3O3S. The number of nitrogens with one attached hydrogen (secondary N) is 1. The minimum Gasteiger partial charge on any atom is -0.369 e. The Labute approximate surface area is 160 Å². The quantitative estimate of drug-likeness (QED) is 0.743. The molecule has 2 rings (SSSR count). The summed E-state index contributed by atoms with van der Waals surface area (Å²) in [4.78, 5) is 14.3. The van der Waals surface area contributed by atoms with Crippen molar-refractivity contribution in [2.75, 3.05) is 30.0 Å². The lowest BCUT2D eigenvalue weighted by molar-refractivity contribution is -0.123. The second-order valence-electron chi connectivity index (χ2n) is 6.75. The maximum absolute atomic E-state index is 13.3. The van der Waals surface area contributed by atoms with E-state index in [4.69, 9.17) is 5.73 Å². The average molecular weight is 408 g/mol. The summed E-state index contributed by atoms with van der Waals surface area (Å²) in [6, 6.07) is 3.80. The van der Waals surface area contributed by atoms with Crippen molar-refractivity contribution in [2.45, 2.75) is 38.3 Å². The van der Waals surface area contributed by atoms with Crippen LogP contribution in [-0.2, 0) is 14.6 Å². The maximum atomic E-state index is 13.3. The fraction of sp³-hybridized carbons (Fsp3) is 0.588. The van der Waals surface area contributed by atoms with E-state index >= 15 is 0 Å². The van der Waals surface area contributed by atoms with Crippen LogP contribution in [0.2, 0.25) is 0 Å². The van der Waals surface area contributed by atoms with Gasteiger partial charge in [-0.2, -0.15) is 0 Å². The highest BCUT2D eigenvalue weighted by atomic mass is 35.5. The normalized spacial score (nSPS) is 18.8. The molecule has 0 aliphatic carbocycles. The molecule has 0 aromatic heterocycles. The molecule has 1 fully saturated rings. The van der Waals surface area contributed by atoms with Crippen LogP contribution < -0.4 is 16.0 Å². The van der Waals surface area contributed by atoms with Gasteiger partial charge in [0.1, 0.15) is 15.7 Å².